The molecule has 212 valence electrons. The van der Waals surface area contributed by atoms with Crippen LogP contribution in [-0.2, 0) is 4.87 Å². The molecule has 0 aliphatic carbocycles. The van der Waals surface area contributed by atoms with E-state index >= 15 is 0 Å². The summed E-state index contributed by atoms with van der Waals surface area (Å²) in [6.45, 7) is 3.07. The highest BCUT2D eigenvalue weighted by atomic mass is 35.5. The van der Waals surface area contributed by atoms with Gasteiger partial charge in [-0.2, -0.15) is 0 Å². The van der Waals surface area contributed by atoms with Crippen molar-refractivity contribution in [1.82, 2.24) is 0 Å². The zero-order valence-corrected chi connectivity index (χ0v) is 25.1. The number of hydrogen-bond donors (Lipinski definition) is 0. The van der Waals surface area contributed by atoms with Crippen LogP contribution in [0.3, 0.4) is 0 Å². The van der Waals surface area contributed by atoms with E-state index in [1.807, 2.05) is 36.4 Å². The molecule has 39 heavy (non-hydrogen) atoms. The fraction of sp³-hybridized carbons (Fsp3) is 0.514. The summed E-state index contributed by atoms with van der Waals surface area (Å²) in [4.78, 5) is -0.727. The predicted octanol–water partition coefficient (Wildman–Crippen LogP) is 11.9. The number of alkyl halides is 1. The van der Waals surface area contributed by atoms with Crippen LogP contribution in [0.1, 0.15) is 126 Å². The lowest BCUT2D eigenvalue weighted by atomic mass is 9.84. The monoisotopic (exact) mass is 546 g/mol. The van der Waals surface area contributed by atoms with Crippen LogP contribution < -0.4 is 4.74 Å². The first-order chi connectivity index (χ1) is 19.2. The van der Waals surface area contributed by atoms with Crippen molar-refractivity contribution in [3.8, 4) is 5.75 Å². The van der Waals surface area contributed by atoms with Crippen LogP contribution in [0.2, 0.25) is 0 Å². The Balaban J connectivity index is 1.27. The van der Waals surface area contributed by atoms with Crippen molar-refractivity contribution in [1.29, 1.82) is 0 Å². The molecule has 0 unspecified atom stereocenters. The summed E-state index contributed by atoms with van der Waals surface area (Å²) >= 11 is 7.38. The number of unbranched alkanes of at least 4 members (excludes halogenated alkanes) is 15. The molecule has 0 atom stereocenters. The fourth-order valence-electron chi connectivity index (χ4n) is 5.46. The third-order valence-electron chi connectivity index (χ3n) is 7.86. The topological polar surface area (TPSA) is 9.23 Å². The predicted molar refractivity (Wildman–Crippen MR) is 170 cm³/mol. The van der Waals surface area contributed by atoms with Crippen LogP contribution >= 0.6 is 11.6 Å². The number of rotatable bonds is 21. The lowest BCUT2D eigenvalue weighted by Gasteiger charge is -2.29. The molecule has 3 aromatic carbocycles. The van der Waals surface area contributed by atoms with Crippen molar-refractivity contribution in [2.24, 2.45) is 0 Å². The highest BCUT2D eigenvalue weighted by Crippen LogP contribution is 2.43. The second-order valence-electron chi connectivity index (χ2n) is 11.1. The van der Waals surface area contributed by atoms with Crippen LogP contribution in [0.25, 0.3) is 0 Å². The molecule has 0 fully saturated rings. The minimum absolute atomic E-state index is 0.727. The second kappa shape index (κ2) is 18.9. The van der Waals surface area contributed by atoms with Crippen LogP contribution in [0.5, 0.6) is 5.75 Å². The van der Waals surface area contributed by atoms with Gasteiger partial charge in [0, 0.05) is 0 Å². The zero-order chi connectivity index (χ0) is 27.4. The molecule has 2 heteroatoms. The Morgan fingerprint density at radius 2 is 0.821 bits per heavy atom. The molecule has 0 saturated carbocycles. The maximum absolute atomic E-state index is 7.38. The lowest BCUT2D eigenvalue weighted by Crippen LogP contribution is -2.22. The molecule has 1 nitrogen and oxygen atoms in total. The van der Waals surface area contributed by atoms with Gasteiger partial charge in [-0.05, 0) is 35.2 Å². The number of halogens is 1. The van der Waals surface area contributed by atoms with E-state index in [9.17, 15) is 0 Å². The van der Waals surface area contributed by atoms with Crippen molar-refractivity contribution in [2.45, 2.75) is 115 Å². The van der Waals surface area contributed by atoms with Gasteiger partial charge in [-0.1, -0.05) is 176 Å². The van der Waals surface area contributed by atoms with Crippen LogP contribution in [0.4, 0.5) is 0 Å². The van der Waals surface area contributed by atoms with E-state index in [0.717, 1.165) is 35.5 Å². The molecule has 0 spiro atoms. The summed E-state index contributed by atoms with van der Waals surface area (Å²) in [5.74, 6) is 0.917. The van der Waals surface area contributed by atoms with Gasteiger partial charge >= 0.3 is 0 Å². The zero-order valence-electron chi connectivity index (χ0n) is 24.4. The molecule has 3 rings (SSSR count). The van der Waals surface area contributed by atoms with Gasteiger partial charge in [-0.25, -0.2) is 0 Å². The van der Waals surface area contributed by atoms with Gasteiger partial charge in [0.1, 0.15) is 10.6 Å². The van der Waals surface area contributed by atoms with E-state index in [0.29, 0.717) is 0 Å². The van der Waals surface area contributed by atoms with E-state index in [4.69, 9.17) is 16.3 Å². The molecule has 3 aromatic rings. The minimum Gasteiger partial charge on any atom is -0.494 e. The summed E-state index contributed by atoms with van der Waals surface area (Å²) in [6, 6.07) is 29.0. The number of ether oxygens (including phenoxy) is 1. The van der Waals surface area contributed by atoms with Crippen LogP contribution in [0.15, 0.2) is 84.9 Å². The Morgan fingerprint density at radius 3 is 1.23 bits per heavy atom. The highest BCUT2D eigenvalue weighted by Gasteiger charge is 2.33. The average molecular weight is 547 g/mol. The quantitative estimate of drug-likeness (QED) is 0.0733. The van der Waals surface area contributed by atoms with Crippen molar-refractivity contribution < 1.29 is 4.74 Å². The van der Waals surface area contributed by atoms with E-state index in [-0.39, 0.29) is 0 Å². The van der Waals surface area contributed by atoms with Gasteiger partial charge in [-0.15, -0.1) is 11.6 Å². The van der Waals surface area contributed by atoms with E-state index < -0.39 is 4.87 Å². The Hall–Kier alpha value is -2.25. The second-order valence-corrected chi connectivity index (χ2v) is 11.6. The maximum atomic E-state index is 7.38. The highest BCUT2D eigenvalue weighted by molar-refractivity contribution is 6.28. The molecule has 0 bridgehead atoms. The standard InChI is InChI=1S/C37H51ClO/c1-2-3-4-5-6-7-8-9-10-11-12-13-14-15-16-23-32-39-36-30-28-35(29-31-36)37(38,33-24-19-17-20-25-33)34-26-21-18-22-27-34/h17-22,24-31H,2-16,23,32H2,1H3. The fourth-order valence-corrected chi connectivity index (χ4v) is 5.83. The minimum atomic E-state index is -0.727. The normalized spacial score (nSPS) is 11.5. The largest absolute Gasteiger partial charge is 0.494 e. The number of benzene rings is 3. The Morgan fingerprint density at radius 1 is 0.462 bits per heavy atom. The summed E-state index contributed by atoms with van der Waals surface area (Å²) in [6.07, 6.45) is 22.2. The molecular weight excluding hydrogens is 496 g/mol. The molecule has 0 heterocycles. The van der Waals surface area contributed by atoms with Crippen LogP contribution in [0, 0.1) is 0 Å². The Labute approximate surface area is 244 Å². The third kappa shape index (κ3) is 11.0. The average Bonchev–Trinajstić information content (AvgIpc) is 2.99. The molecule has 0 saturated heterocycles. The van der Waals surface area contributed by atoms with Gasteiger partial charge in [-0.3, -0.25) is 0 Å². The Kier molecular flexibility index (Phi) is 15.2. The Bertz CT molecular complexity index is 943. The first-order valence-electron chi connectivity index (χ1n) is 15.8. The summed E-state index contributed by atoms with van der Waals surface area (Å²) in [5.41, 5.74) is 3.19. The molecule has 0 aliphatic rings. The summed E-state index contributed by atoms with van der Waals surface area (Å²) < 4.78 is 6.06. The van der Waals surface area contributed by atoms with Crippen molar-refractivity contribution >= 4 is 11.6 Å². The smallest absolute Gasteiger partial charge is 0.119 e. The third-order valence-corrected chi connectivity index (χ3v) is 8.52. The molecule has 0 aliphatic heterocycles. The van der Waals surface area contributed by atoms with Gasteiger partial charge < -0.3 is 4.74 Å². The van der Waals surface area contributed by atoms with Gasteiger partial charge in [0.05, 0.1) is 6.61 Å². The molecular formula is C37H51ClO. The van der Waals surface area contributed by atoms with Gasteiger partial charge in [0.2, 0.25) is 0 Å². The van der Waals surface area contributed by atoms with Crippen molar-refractivity contribution in [3.63, 3.8) is 0 Å². The molecule has 0 N–H and O–H groups in total. The first kappa shape index (κ1) is 31.3. The molecule has 0 amide bonds. The van der Waals surface area contributed by atoms with E-state index in [1.54, 1.807) is 0 Å². The molecule has 0 aromatic heterocycles. The summed E-state index contributed by atoms with van der Waals surface area (Å²) in [5, 5.41) is 0. The van der Waals surface area contributed by atoms with E-state index in [1.165, 1.54) is 96.3 Å². The lowest BCUT2D eigenvalue weighted by molar-refractivity contribution is 0.304. The maximum Gasteiger partial charge on any atom is 0.119 e. The van der Waals surface area contributed by atoms with Gasteiger partial charge in [0.25, 0.3) is 0 Å². The van der Waals surface area contributed by atoms with Crippen LogP contribution in [-0.4, -0.2) is 6.61 Å². The number of hydrogen-bond acceptors (Lipinski definition) is 1. The van der Waals surface area contributed by atoms with Crippen molar-refractivity contribution in [3.05, 3.63) is 102 Å². The summed E-state index contributed by atoms with van der Waals surface area (Å²) in [7, 11) is 0. The molecule has 0 radical (unpaired) electrons. The van der Waals surface area contributed by atoms with Gasteiger partial charge in [0.15, 0.2) is 0 Å². The first-order valence-corrected chi connectivity index (χ1v) is 16.2. The van der Waals surface area contributed by atoms with Crippen molar-refractivity contribution in [2.75, 3.05) is 6.61 Å². The van der Waals surface area contributed by atoms with E-state index in [2.05, 4.69) is 55.5 Å². The SMILES string of the molecule is CCCCCCCCCCCCCCCCCCOc1ccc(C(Cl)(c2ccccc2)c2ccccc2)cc1.